The van der Waals surface area contributed by atoms with Crippen molar-refractivity contribution in [1.29, 1.82) is 0 Å². The number of furan rings is 1. The van der Waals surface area contributed by atoms with E-state index in [4.69, 9.17) is 4.42 Å². The van der Waals surface area contributed by atoms with E-state index in [1.54, 1.807) is 11.0 Å². The maximum Gasteiger partial charge on any atom is 0.407 e. The highest BCUT2D eigenvalue weighted by Gasteiger charge is 2.28. The van der Waals surface area contributed by atoms with Crippen molar-refractivity contribution in [3.05, 3.63) is 59.4 Å². The smallest absolute Gasteiger partial charge is 0.407 e. The molecule has 166 valence electrons. The first-order valence-electron chi connectivity index (χ1n) is 10.6. The first-order chi connectivity index (χ1) is 15.5. The number of rotatable bonds is 4. The van der Waals surface area contributed by atoms with Gasteiger partial charge in [0.25, 0.3) is 0 Å². The molecule has 8 nitrogen and oxygen atoms in total. The Kier molecular flexibility index (Phi) is 5.26. The highest BCUT2D eigenvalue weighted by Crippen LogP contribution is 2.33. The van der Waals surface area contributed by atoms with Gasteiger partial charge in [0.1, 0.15) is 17.2 Å². The van der Waals surface area contributed by atoms with Crippen LogP contribution in [0.15, 0.2) is 40.9 Å². The number of pyridine rings is 1. The number of hydrogen-bond acceptors (Lipinski definition) is 5. The zero-order valence-corrected chi connectivity index (χ0v) is 17.5. The summed E-state index contributed by atoms with van der Waals surface area (Å²) in [4.78, 5) is 33.4. The Labute approximate surface area is 183 Å². The van der Waals surface area contributed by atoms with Gasteiger partial charge in [-0.2, -0.15) is 0 Å². The number of piperazine rings is 1. The Balaban J connectivity index is 1.26. The van der Waals surface area contributed by atoms with Gasteiger partial charge in [-0.1, -0.05) is 0 Å². The summed E-state index contributed by atoms with van der Waals surface area (Å²) in [7, 11) is 0. The van der Waals surface area contributed by atoms with Gasteiger partial charge in [0.15, 0.2) is 0 Å². The van der Waals surface area contributed by atoms with E-state index < -0.39 is 6.09 Å². The van der Waals surface area contributed by atoms with Crippen LogP contribution >= 0.6 is 0 Å². The lowest BCUT2D eigenvalue weighted by atomic mass is 10.0. The summed E-state index contributed by atoms with van der Waals surface area (Å²) < 4.78 is 19.0. The van der Waals surface area contributed by atoms with Gasteiger partial charge >= 0.3 is 6.09 Å². The van der Waals surface area contributed by atoms with E-state index in [0.29, 0.717) is 51.1 Å². The molecule has 0 aliphatic carbocycles. The quantitative estimate of drug-likeness (QED) is 0.674. The minimum Gasteiger partial charge on any atom is -0.465 e. The zero-order chi connectivity index (χ0) is 22.2. The molecule has 9 heteroatoms. The van der Waals surface area contributed by atoms with Gasteiger partial charge in [-0.15, -0.1) is 0 Å². The molecule has 1 aromatic carbocycles. The minimum absolute atomic E-state index is 0.0102. The summed E-state index contributed by atoms with van der Waals surface area (Å²) >= 11 is 0. The number of carbonyl (C=O) groups excluding carboxylic acids is 1. The summed E-state index contributed by atoms with van der Waals surface area (Å²) in [6.07, 6.45) is 1.48. The molecule has 0 atom stereocenters. The van der Waals surface area contributed by atoms with Crippen molar-refractivity contribution in [2.24, 2.45) is 0 Å². The Bertz CT molecular complexity index is 1180. The van der Waals surface area contributed by atoms with Crippen LogP contribution < -0.4 is 4.90 Å². The lowest BCUT2D eigenvalue weighted by molar-refractivity contribution is -0.121. The van der Waals surface area contributed by atoms with Gasteiger partial charge in [-0.05, 0) is 24.3 Å². The van der Waals surface area contributed by atoms with Crippen LogP contribution in [0.25, 0.3) is 11.0 Å². The SMILES string of the molecule is O=C(O)N1CCc2oc3cc(N4CCN(CCc5ccc(F)cn5)CC4=O)ccc3c2C1. The second-order valence-corrected chi connectivity index (χ2v) is 8.18. The molecule has 1 N–H and O–H groups in total. The highest BCUT2D eigenvalue weighted by atomic mass is 19.1. The molecule has 0 spiro atoms. The van der Waals surface area contributed by atoms with E-state index in [-0.39, 0.29) is 11.7 Å². The molecule has 1 saturated heterocycles. The molecule has 2 aliphatic rings. The molecule has 2 aliphatic heterocycles. The Hall–Kier alpha value is -3.46. The lowest BCUT2D eigenvalue weighted by Gasteiger charge is -2.34. The average molecular weight is 438 g/mol. The number of anilines is 1. The Morgan fingerprint density at radius 2 is 2.03 bits per heavy atom. The molecule has 1 fully saturated rings. The summed E-state index contributed by atoms with van der Waals surface area (Å²) in [5.74, 6) is 0.474. The monoisotopic (exact) mass is 438 g/mol. The molecule has 0 saturated carbocycles. The Morgan fingerprint density at radius 3 is 2.78 bits per heavy atom. The zero-order valence-electron chi connectivity index (χ0n) is 17.5. The van der Waals surface area contributed by atoms with E-state index in [0.717, 1.165) is 34.6 Å². The fourth-order valence-corrected chi connectivity index (χ4v) is 4.41. The first-order valence-corrected chi connectivity index (χ1v) is 10.6. The number of carboxylic acid groups (broad SMARTS) is 1. The Morgan fingerprint density at radius 1 is 1.16 bits per heavy atom. The van der Waals surface area contributed by atoms with Gasteiger partial charge in [0, 0.05) is 67.4 Å². The van der Waals surface area contributed by atoms with Crippen molar-refractivity contribution in [2.75, 3.05) is 37.6 Å². The summed E-state index contributed by atoms with van der Waals surface area (Å²) in [6, 6.07) is 8.75. The third-order valence-electron chi connectivity index (χ3n) is 6.17. The predicted molar refractivity (Wildman–Crippen MR) is 115 cm³/mol. The van der Waals surface area contributed by atoms with Crippen molar-refractivity contribution in [3.63, 3.8) is 0 Å². The fraction of sp³-hybridized carbons (Fsp3) is 0.348. The number of carbonyl (C=O) groups is 2. The predicted octanol–water partition coefficient (Wildman–Crippen LogP) is 2.89. The van der Waals surface area contributed by atoms with Crippen molar-refractivity contribution in [2.45, 2.75) is 19.4 Å². The highest BCUT2D eigenvalue weighted by molar-refractivity contribution is 5.97. The average Bonchev–Trinajstić information content (AvgIpc) is 3.15. The summed E-state index contributed by atoms with van der Waals surface area (Å²) in [5.41, 5.74) is 3.17. The number of aromatic nitrogens is 1. The van der Waals surface area contributed by atoms with E-state index in [1.165, 1.54) is 17.2 Å². The normalized spacial score (nSPS) is 17.1. The molecule has 0 radical (unpaired) electrons. The van der Waals surface area contributed by atoms with Gasteiger partial charge in [0.05, 0.1) is 19.3 Å². The largest absolute Gasteiger partial charge is 0.465 e. The van der Waals surface area contributed by atoms with Gasteiger partial charge < -0.3 is 19.3 Å². The molecule has 32 heavy (non-hydrogen) atoms. The van der Waals surface area contributed by atoms with Crippen molar-refractivity contribution in [1.82, 2.24) is 14.8 Å². The van der Waals surface area contributed by atoms with Crippen molar-refractivity contribution in [3.8, 4) is 0 Å². The van der Waals surface area contributed by atoms with Crippen LogP contribution in [0.3, 0.4) is 0 Å². The molecule has 0 unspecified atom stereocenters. The number of amides is 2. The van der Waals surface area contributed by atoms with Crippen LogP contribution in [0.4, 0.5) is 14.9 Å². The number of fused-ring (bicyclic) bond motifs is 3. The van der Waals surface area contributed by atoms with Crippen LogP contribution in [-0.2, 0) is 24.2 Å². The van der Waals surface area contributed by atoms with Crippen LogP contribution in [0.2, 0.25) is 0 Å². The van der Waals surface area contributed by atoms with E-state index in [2.05, 4.69) is 9.88 Å². The van der Waals surface area contributed by atoms with Crippen LogP contribution in [0, 0.1) is 5.82 Å². The van der Waals surface area contributed by atoms with Gasteiger partial charge in [-0.25, -0.2) is 9.18 Å². The molecular weight excluding hydrogens is 415 g/mol. The molecule has 4 heterocycles. The van der Waals surface area contributed by atoms with Gasteiger partial charge in [0.2, 0.25) is 5.91 Å². The van der Waals surface area contributed by atoms with Crippen LogP contribution in [-0.4, -0.2) is 64.6 Å². The first kappa shape index (κ1) is 20.4. The second-order valence-electron chi connectivity index (χ2n) is 8.18. The summed E-state index contributed by atoms with van der Waals surface area (Å²) in [5, 5.41) is 10.2. The van der Waals surface area contributed by atoms with E-state index >= 15 is 0 Å². The number of halogens is 1. The third kappa shape index (κ3) is 3.91. The van der Waals surface area contributed by atoms with E-state index in [1.807, 2.05) is 18.2 Å². The lowest BCUT2D eigenvalue weighted by Crippen LogP contribution is -2.50. The topological polar surface area (TPSA) is 90.1 Å². The van der Waals surface area contributed by atoms with Crippen LogP contribution in [0.1, 0.15) is 17.0 Å². The van der Waals surface area contributed by atoms with Crippen molar-refractivity contribution < 1.29 is 23.5 Å². The second kappa shape index (κ2) is 8.23. The summed E-state index contributed by atoms with van der Waals surface area (Å²) in [6.45, 7) is 3.02. The minimum atomic E-state index is -0.930. The maximum absolute atomic E-state index is 13.0. The number of benzene rings is 1. The molecule has 2 aromatic heterocycles. The molecular formula is C23H23FN4O4. The number of hydrogen-bond donors (Lipinski definition) is 1. The molecule has 2 amide bonds. The van der Waals surface area contributed by atoms with Crippen molar-refractivity contribution >= 4 is 28.7 Å². The third-order valence-corrected chi connectivity index (χ3v) is 6.17. The standard InChI is InChI=1S/C23H23FN4O4/c24-15-1-2-16(25-12-15)5-7-26-9-10-28(22(29)14-26)17-3-4-18-19-13-27(23(30)31)8-6-20(19)32-21(18)11-17/h1-4,11-12H,5-10,13-14H2,(H,30,31). The number of nitrogens with zero attached hydrogens (tertiary/aromatic N) is 4. The molecule has 0 bridgehead atoms. The molecule has 3 aromatic rings. The van der Waals surface area contributed by atoms with Gasteiger partial charge in [-0.3, -0.25) is 14.7 Å². The fourth-order valence-electron chi connectivity index (χ4n) is 4.41. The van der Waals surface area contributed by atoms with E-state index in [9.17, 15) is 19.1 Å². The van der Waals surface area contributed by atoms with Crippen LogP contribution in [0.5, 0.6) is 0 Å². The molecule has 5 rings (SSSR count). The maximum atomic E-state index is 13.0.